The zero-order valence-corrected chi connectivity index (χ0v) is 25.5. The van der Waals surface area contributed by atoms with Crippen molar-refractivity contribution in [2.75, 3.05) is 26.2 Å². The van der Waals surface area contributed by atoms with Gasteiger partial charge in [-0.25, -0.2) is 0 Å². The molecule has 3 unspecified atom stereocenters. The Balaban J connectivity index is 5.05. The summed E-state index contributed by atoms with van der Waals surface area (Å²) in [5.74, 6) is -5.10. The van der Waals surface area contributed by atoms with Gasteiger partial charge in [-0.3, -0.25) is 9.59 Å². The lowest BCUT2D eigenvalue weighted by Gasteiger charge is -2.43. The lowest BCUT2D eigenvalue weighted by atomic mass is 9.96. The highest BCUT2D eigenvalue weighted by Crippen LogP contribution is 2.24. The summed E-state index contributed by atoms with van der Waals surface area (Å²) in [5, 5.41) is 31.4. The van der Waals surface area contributed by atoms with E-state index in [-0.39, 0.29) is 24.1 Å². The first-order valence-electron chi connectivity index (χ1n) is 15.8. The van der Waals surface area contributed by atoms with E-state index < -0.39 is 35.7 Å². The van der Waals surface area contributed by atoms with Crippen LogP contribution in [0.5, 0.6) is 0 Å². The first kappa shape index (κ1) is 37.1. The lowest BCUT2D eigenvalue weighted by Crippen LogP contribution is -2.59. The second-order valence-corrected chi connectivity index (χ2v) is 11.5. The minimum absolute atomic E-state index is 0.136. The van der Waals surface area contributed by atoms with E-state index in [1.54, 1.807) is 6.92 Å². The number of rotatable bonds is 27. The number of hydrogen-bond donors (Lipinski definition) is 2. The van der Waals surface area contributed by atoms with Crippen LogP contribution in [0.2, 0.25) is 0 Å². The summed E-state index contributed by atoms with van der Waals surface area (Å²) < 4.78 is 0.136. The van der Waals surface area contributed by atoms with Crippen LogP contribution in [0.3, 0.4) is 0 Å². The summed E-state index contributed by atoms with van der Waals surface area (Å²) in [5.41, 5.74) is 0. The molecule has 0 bridgehead atoms. The van der Waals surface area contributed by atoms with E-state index in [0.29, 0.717) is 25.8 Å². The molecule has 0 heterocycles. The monoisotopic (exact) mass is 553 g/mol. The van der Waals surface area contributed by atoms with Crippen molar-refractivity contribution >= 4 is 17.9 Å². The van der Waals surface area contributed by atoms with Gasteiger partial charge in [-0.1, -0.05) is 104 Å². The van der Waals surface area contributed by atoms with Crippen molar-refractivity contribution in [1.29, 1.82) is 0 Å². The topological polar surface area (TPSA) is 115 Å². The Bertz CT molecular complexity index is 632. The smallest absolute Gasteiger partial charge is 0.312 e. The normalized spacial score (nSPS) is 15.6. The highest BCUT2D eigenvalue weighted by Gasteiger charge is 2.38. The van der Waals surface area contributed by atoms with E-state index in [1.165, 1.54) is 70.6 Å². The van der Waals surface area contributed by atoms with E-state index >= 15 is 0 Å². The molecule has 0 aliphatic heterocycles. The van der Waals surface area contributed by atoms with Gasteiger partial charge in [-0.2, -0.15) is 0 Å². The molecular weight excluding hydrogens is 494 g/mol. The number of allylic oxidation sites excluding steroid dienone is 1. The van der Waals surface area contributed by atoms with E-state index in [0.717, 1.165) is 12.8 Å². The molecule has 2 N–H and O–H groups in total. The Labute approximate surface area is 238 Å². The molecule has 0 spiro atoms. The molecule has 0 rings (SSSR count). The van der Waals surface area contributed by atoms with Crippen LogP contribution in [0, 0.1) is 17.8 Å². The third-order valence-corrected chi connectivity index (χ3v) is 8.22. The molecule has 0 aromatic heterocycles. The average molecular weight is 554 g/mol. The molecule has 0 saturated carbocycles. The quantitative estimate of drug-likeness (QED) is 0.0686. The zero-order chi connectivity index (χ0) is 29.5. The number of carboxylic acid groups (broad SMARTS) is 3. The van der Waals surface area contributed by atoms with E-state index in [9.17, 15) is 29.7 Å². The Kier molecular flexibility index (Phi) is 21.8. The molecular formula is C32H59NO6. The van der Waals surface area contributed by atoms with Crippen LogP contribution in [0.25, 0.3) is 0 Å². The van der Waals surface area contributed by atoms with Gasteiger partial charge in [-0.05, 0) is 38.2 Å². The first-order chi connectivity index (χ1) is 18.7. The minimum Gasteiger partial charge on any atom is -0.550 e. The number of unbranched alkanes of at least 4 members (excludes halogenated alkanes) is 12. The van der Waals surface area contributed by atoms with Crippen LogP contribution in [0.4, 0.5) is 0 Å². The molecule has 228 valence electrons. The second-order valence-electron chi connectivity index (χ2n) is 11.5. The third kappa shape index (κ3) is 17.4. The fraction of sp³-hybridized carbons (Fsp3) is 0.844. The van der Waals surface area contributed by atoms with E-state index in [1.807, 2.05) is 19.9 Å². The van der Waals surface area contributed by atoms with Crippen molar-refractivity contribution in [1.82, 2.24) is 0 Å². The number of aliphatic carboxylic acids is 3. The number of carbonyl (C=O) groups is 3. The maximum absolute atomic E-state index is 11.9. The standard InChI is InChI=1S/C32H59NO6/c1-5-9-10-11-12-13-14-15-16-17-18-19-20-21-22-23-33(24-27(6-2)30(34)35,25-28(7-3)31(36)37)26-29(8-4)32(38)39/h21-22,27-29H,5-20,23-26H2,1-4H3,(H2-,34,35,36,37,38,39)/b22-21+. The molecule has 0 saturated heterocycles. The Morgan fingerprint density at radius 1 is 0.615 bits per heavy atom. The largest absolute Gasteiger partial charge is 0.550 e. The van der Waals surface area contributed by atoms with Crippen molar-refractivity contribution in [3.05, 3.63) is 12.2 Å². The van der Waals surface area contributed by atoms with Gasteiger partial charge >= 0.3 is 11.9 Å². The van der Waals surface area contributed by atoms with Crippen molar-refractivity contribution in [3.63, 3.8) is 0 Å². The molecule has 0 fully saturated rings. The van der Waals surface area contributed by atoms with Crippen LogP contribution in [-0.2, 0) is 14.4 Å². The lowest BCUT2D eigenvalue weighted by molar-refractivity contribution is -0.929. The molecule has 0 aliphatic rings. The SMILES string of the molecule is CCCCCCCCCCCCCC/C=C/C[N+](CC(CC)C(=O)[O-])(CC(CC)C(=O)O)CC(CC)C(=O)O. The van der Waals surface area contributed by atoms with Gasteiger partial charge in [0.1, 0.15) is 11.8 Å². The number of hydrogen-bond acceptors (Lipinski definition) is 4. The molecule has 39 heavy (non-hydrogen) atoms. The highest BCUT2D eigenvalue weighted by atomic mass is 16.4. The summed E-state index contributed by atoms with van der Waals surface area (Å²) in [7, 11) is 0. The number of quaternary nitrogens is 1. The Morgan fingerprint density at radius 2 is 1.00 bits per heavy atom. The predicted octanol–water partition coefficient (Wildman–Crippen LogP) is 6.45. The summed E-state index contributed by atoms with van der Waals surface area (Å²) >= 11 is 0. The molecule has 0 aromatic carbocycles. The Hall–Kier alpha value is -1.89. The van der Waals surface area contributed by atoms with Crippen molar-refractivity contribution in [3.8, 4) is 0 Å². The minimum atomic E-state index is -1.16. The van der Waals surface area contributed by atoms with Crippen molar-refractivity contribution in [2.45, 2.75) is 130 Å². The number of carbonyl (C=O) groups excluding carboxylic acids is 1. The first-order valence-corrected chi connectivity index (χ1v) is 15.8. The van der Waals surface area contributed by atoms with Gasteiger partial charge in [0, 0.05) is 5.92 Å². The van der Waals surface area contributed by atoms with Crippen LogP contribution in [0.15, 0.2) is 12.2 Å². The second kappa shape index (κ2) is 22.9. The summed E-state index contributed by atoms with van der Waals surface area (Å²) in [6.07, 6.45) is 21.8. The van der Waals surface area contributed by atoms with Crippen LogP contribution in [-0.4, -0.2) is 58.8 Å². The van der Waals surface area contributed by atoms with Gasteiger partial charge in [0.05, 0.1) is 32.1 Å². The van der Waals surface area contributed by atoms with Crippen molar-refractivity contribution in [2.24, 2.45) is 17.8 Å². The molecule has 0 radical (unpaired) electrons. The molecule has 7 nitrogen and oxygen atoms in total. The summed E-state index contributed by atoms with van der Waals surface area (Å²) in [6, 6.07) is 0. The van der Waals surface area contributed by atoms with Crippen molar-refractivity contribution < 1.29 is 34.2 Å². The van der Waals surface area contributed by atoms with Gasteiger partial charge in [0.25, 0.3) is 0 Å². The van der Waals surface area contributed by atoms with Gasteiger partial charge in [-0.15, -0.1) is 0 Å². The van der Waals surface area contributed by atoms with Crippen LogP contribution < -0.4 is 5.11 Å². The number of carboxylic acids is 3. The number of nitrogens with zero attached hydrogens (tertiary/aromatic N) is 1. The molecule has 7 heteroatoms. The highest BCUT2D eigenvalue weighted by molar-refractivity contribution is 5.71. The summed E-state index contributed by atoms with van der Waals surface area (Å²) in [6.45, 7) is 8.67. The van der Waals surface area contributed by atoms with Gasteiger partial charge in [0.2, 0.25) is 0 Å². The third-order valence-electron chi connectivity index (χ3n) is 8.22. The maximum Gasteiger partial charge on any atom is 0.312 e. The van der Waals surface area contributed by atoms with Gasteiger partial charge < -0.3 is 24.6 Å². The van der Waals surface area contributed by atoms with Gasteiger partial charge in [0.15, 0.2) is 0 Å². The fourth-order valence-corrected chi connectivity index (χ4v) is 5.50. The predicted molar refractivity (Wildman–Crippen MR) is 156 cm³/mol. The van der Waals surface area contributed by atoms with Crippen LogP contribution >= 0.6 is 0 Å². The fourth-order valence-electron chi connectivity index (χ4n) is 5.50. The Morgan fingerprint density at radius 3 is 1.36 bits per heavy atom. The average Bonchev–Trinajstić information content (AvgIpc) is 2.90. The summed E-state index contributed by atoms with van der Waals surface area (Å²) in [4.78, 5) is 35.7. The molecule has 0 aromatic rings. The molecule has 0 amide bonds. The van der Waals surface area contributed by atoms with E-state index in [2.05, 4.69) is 13.0 Å². The molecule has 0 aliphatic carbocycles. The zero-order valence-electron chi connectivity index (χ0n) is 25.5. The molecule has 3 atom stereocenters. The van der Waals surface area contributed by atoms with E-state index in [4.69, 9.17) is 0 Å². The van der Waals surface area contributed by atoms with Crippen LogP contribution in [0.1, 0.15) is 130 Å². The maximum atomic E-state index is 11.9.